The second kappa shape index (κ2) is 5.75. The summed E-state index contributed by atoms with van der Waals surface area (Å²) in [6.07, 6.45) is -0.572. The zero-order chi connectivity index (χ0) is 13.1. The first-order chi connectivity index (χ1) is 9.33. The van der Waals surface area contributed by atoms with Crippen LogP contribution in [-0.2, 0) is 4.74 Å². The molecule has 1 saturated heterocycles. The average Bonchev–Trinajstić information content (AvgIpc) is 2.93. The lowest BCUT2D eigenvalue weighted by atomic mass is 10.1. The van der Waals surface area contributed by atoms with Crippen molar-refractivity contribution in [3.63, 3.8) is 0 Å². The van der Waals surface area contributed by atoms with Crippen molar-refractivity contribution in [2.45, 2.75) is 6.10 Å². The minimum absolute atomic E-state index is 0.251. The average molecular weight is 266 g/mol. The standard InChI is InChI=1S/C13H18N2O4/c16-11(8-14-15-3-5-17-6-4-15)10-1-2-12-13(7-10)19-9-18-12/h1-2,7,11,14,16H,3-6,8-9H2. The van der Waals surface area contributed by atoms with Crippen molar-refractivity contribution in [1.29, 1.82) is 0 Å². The molecule has 6 nitrogen and oxygen atoms in total. The van der Waals surface area contributed by atoms with Crippen LogP contribution in [0.5, 0.6) is 11.5 Å². The number of fused-ring (bicyclic) bond motifs is 1. The number of aliphatic hydroxyl groups excluding tert-OH is 1. The number of benzene rings is 1. The Kier molecular flexibility index (Phi) is 3.84. The number of rotatable bonds is 4. The topological polar surface area (TPSA) is 63.2 Å². The summed E-state index contributed by atoms with van der Waals surface area (Å²) in [5.41, 5.74) is 4.04. The third-order valence-corrected chi connectivity index (χ3v) is 3.30. The van der Waals surface area contributed by atoms with Crippen LogP contribution >= 0.6 is 0 Å². The fourth-order valence-electron chi connectivity index (χ4n) is 2.18. The number of nitrogens with zero attached hydrogens (tertiary/aromatic N) is 1. The molecule has 2 aliphatic heterocycles. The lowest BCUT2D eigenvalue weighted by Gasteiger charge is -2.28. The van der Waals surface area contributed by atoms with Crippen LogP contribution in [0.4, 0.5) is 0 Å². The molecule has 1 aromatic rings. The van der Waals surface area contributed by atoms with Gasteiger partial charge >= 0.3 is 0 Å². The minimum atomic E-state index is -0.572. The van der Waals surface area contributed by atoms with Crippen molar-refractivity contribution >= 4 is 0 Å². The fourth-order valence-corrected chi connectivity index (χ4v) is 2.18. The molecule has 0 saturated carbocycles. The van der Waals surface area contributed by atoms with Crippen LogP contribution in [0.25, 0.3) is 0 Å². The van der Waals surface area contributed by atoms with Crippen LogP contribution < -0.4 is 14.9 Å². The molecule has 1 fully saturated rings. The number of morpholine rings is 1. The van der Waals surface area contributed by atoms with Crippen molar-refractivity contribution in [2.24, 2.45) is 0 Å². The number of nitrogens with one attached hydrogen (secondary N) is 1. The van der Waals surface area contributed by atoms with Crippen molar-refractivity contribution < 1.29 is 19.3 Å². The zero-order valence-corrected chi connectivity index (χ0v) is 10.7. The molecule has 3 rings (SSSR count). The molecule has 19 heavy (non-hydrogen) atoms. The predicted octanol–water partition coefficient (Wildman–Crippen LogP) is 0.285. The van der Waals surface area contributed by atoms with Crippen LogP contribution in [0.1, 0.15) is 11.7 Å². The van der Waals surface area contributed by atoms with Gasteiger partial charge in [-0.1, -0.05) is 6.07 Å². The number of hydrogen-bond donors (Lipinski definition) is 2. The Morgan fingerprint density at radius 2 is 2.00 bits per heavy atom. The molecule has 0 aromatic heterocycles. The molecule has 104 valence electrons. The number of hydrogen-bond acceptors (Lipinski definition) is 6. The minimum Gasteiger partial charge on any atom is -0.454 e. The Morgan fingerprint density at radius 1 is 1.21 bits per heavy atom. The third-order valence-electron chi connectivity index (χ3n) is 3.30. The first kappa shape index (κ1) is 12.7. The summed E-state index contributed by atoms with van der Waals surface area (Å²) in [5, 5.41) is 12.2. The summed E-state index contributed by atoms with van der Waals surface area (Å²) in [6, 6.07) is 5.52. The van der Waals surface area contributed by atoms with Gasteiger partial charge in [-0.05, 0) is 17.7 Å². The maximum absolute atomic E-state index is 10.2. The van der Waals surface area contributed by atoms with E-state index in [0.29, 0.717) is 12.3 Å². The predicted molar refractivity (Wildman–Crippen MR) is 67.9 cm³/mol. The molecule has 0 bridgehead atoms. The molecule has 0 spiro atoms. The molecule has 1 atom stereocenters. The van der Waals surface area contributed by atoms with E-state index in [1.54, 1.807) is 0 Å². The van der Waals surface area contributed by atoms with Crippen molar-refractivity contribution in [3.05, 3.63) is 23.8 Å². The van der Waals surface area contributed by atoms with Gasteiger partial charge in [0.25, 0.3) is 0 Å². The van der Waals surface area contributed by atoms with Crippen molar-refractivity contribution in [2.75, 3.05) is 39.6 Å². The Balaban J connectivity index is 1.56. The zero-order valence-electron chi connectivity index (χ0n) is 10.7. The van der Waals surface area contributed by atoms with E-state index in [0.717, 1.165) is 37.6 Å². The van der Waals surface area contributed by atoms with Gasteiger partial charge < -0.3 is 19.3 Å². The Hall–Kier alpha value is -1.34. The summed E-state index contributed by atoms with van der Waals surface area (Å²) >= 11 is 0. The summed E-state index contributed by atoms with van der Waals surface area (Å²) < 4.78 is 15.8. The number of hydrazine groups is 1. The molecule has 1 aromatic carbocycles. The summed E-state index contributed by atoms with van der Waals surface area (Å²) in [5.74, 6) is 1.43. The van der Waals surface area contributed by atoms with Crippen LogP contribution in [0.2, 0.25) is 0 Å². The molecule has 0 radical (unpaired) electrons. The highest BCUT2D eigenvalue weighted by atomic mass is 16.7. The molecule has 2 N–H and O–H groups in total. The molecule has 1 unspecified atom stereocenters. The first-order valence-electron chi connectivity index (χ1n) is 6.47. The molecule has 0 amide bonds. The maximum atomic E-state index is 10.2. The van der Waals surface area contributed by atoms with Crippen molar-refractivity contribution in [1.82, 2.24) is 10.4 Å². The number of ether oxygens (including phenoxy) is 3. The van der Waals surface area contributed by atoms with Crippen molar-refractivity contribution in [3.8, 4) is 11.5 Å². The van der Waals surface area contributed by atoms with Gasteiger partial charge in [-0.3, -0.25) is 5.43 Å². The maximum Gasteiger partial charge on any atom is 0.231 e. The highest BCUT2D eigenvalue weighted by Gasteiger charge is 2.17. The van der Waals surface area contributed by atoms with Gasteiger partial charge in [-0.15, -0.1) is 0 Å². The summed E-state index contributed by atoms with van der Waals surface area (Å²) in [6.45, 7) is 3.86. The SMILES string of the molecule is OC(CNN1CCOCC1)c1ccc2c(c1)OCO2. The molecular formula is C13H18N2O4. The second-order valence-electron chi connectivity index (χ2n) is 4.59. The van der Waals surface area contributed by atoms with Crippen LogP contribution in [0.15, 0.2) is 18.2 Å². The Labute approximate surface area is 111 Å². The largest absolute Gasteiger partial charge is 0.454 e. The Bertz CT molecular complexity index is 435. The smallest absolute Gasteiger partial charge is 0.231 e. The van der Waals surface area contributed by atoms with Crippen LogP contribution in [0, 0.1) is 0 Å². The van der Waals surface area contributed by atoms with E-state index in [9.17, 15) is 5.11 Å². The van der Waals surface area contributed by atoms with Crippen LogP contribution in [-0.4, -0.2) is 49.8 Å². The molecule has 6 heteroatoms. The normalized spacial score (nSPS) is 20.5. The van der Waals surface area contributed by atoms with Gasteiger partial charge in [0.2, 0.25) is 6.79 Å². The van der Waals surface area contributed by atoms with Crippen LogP contribution in [0.3, 0.4) is 0 Å². The molecule has 2 aliphatic rings. The van der Waals surface area contributed by atoms with Gasteiger partial charge in [-0.25, -0.2) is 5.01 Å². The monoisotopic (exact) mass is 266 g/mol. The van der Waals surface area contributed by atoms with E-state index in [2.05, 4.69) is 10.4 Å². The van der Waals surface area contributed by atoms with Gasteiger partial charge in [0.1, 0.15) is 0 Å². The first-order valence-corrected chi connectivity index (χ1v) is 6.47. The van der Waals surface area contributed by atoms with E-state index in [1.807, 2.05) is 18.2 Å². The highest BCUT2D eigenvalue weighted by molar-refractivity contribution is 5.45. The van der Waals surface area contributed by atoms with E-state index >= 15 is 0 Å². The summed E-state index contributed by atoms with van der Waals surface area (Å²) in [4.78, 5) is 0. The summed E-state index contributed by atoms with van der Waals surface area (Å²) in [7, 11) is 0. The van der Waals surface area contributed by atoms with E-state index < -0.39 is 6.10 Å². The highest BCUT2D eigenvalue weighted by Crippen LogP contribution is 2.34. The molecule has 0 aliphatic carbocycles. The van der Waals surface area contributed by atoms with Gasteiger partial charge in [-0.2, -0.15) is 0 Å². The van der Waals surface area contributed by atoms with Gasteiger partial charge in [0.05, 0.1) is 19.3 Å². The third kappa shape index (κ3) is 2.98. The van der Waals surface area contributed by atoms with E-state index in [4.69, 9.17) is 14.2 Å². The fraction of sp³-hybridized carbons (Fsp3) is 0.538. The Morgan fingerprint density at radius 3 is 2.84 bits per heavy atom. The lowest BCUT2D eigenvalue weighted by molar-refractivity contribution is 0.00311. The lowest BCUT2D eigenvalue weighted by Crippen LogP contribution is -2.47. The van der Waals surface area contributed by atoms with E-state index in [-0.39, 0.29) is 6.79 Å². The quantitative estimate of drug-likeness (QED) is 0.816. The van der Waals surface area contributed by atoms with E-state index in [1.165, 1.54) is 0 Å². The molecule has 2 heterocycles. The molecular weight excluding hydrogens is 248 g/mol. The number of aliphatic hydroxyl groups is 1. The van der Waals surface area contributed by atoms with Gasteiger partial charge in [0, 0.05) is 19.6 Å². The second-order valence-corrected chi connectivity index (χ2v) is 4.59. The van der Waals surface area contributed by atoms with Gasteiger partial charge in [0.15, 0.2) is 11.5 Å².